The van der Waals surface area contributed by atoms with Crippen molar-refractivity contribution in [3.8, 4) is 0 Å². The minimum Gasteiger partial charge on any atom is -0.449 e. The van der Waals surface area contributed by atoms with Crippen LogP contribution in [0.3, 0.4) is 0 Å². The number of aliphatic imine (C=N–C) groups is 1. The molecule has 3 aliphatic heterocycles. The zero-order valence-corrected chi connectivity index (χ0v) is 14.5. The second-order valence-corrected chi connectivity index (χ2v) is 6.89. The number of rotatable bonds is 1. The normalized spacial score (nSPS) is 23.8. The van der Waals surface area contributed by atoms with Crippen molar-refractivity contribution in [3.63, 3.8) is 0 Å². The minimum atomic E-state index is -0.248. The van der Waals surface area contributed by atoms with E-state index in [0.717, 1.165) is 48.4 Å². The zero-order chi connectivity index (χ0) is 17.2. The van der Waals surface area contributed by atoms with E-state index in [4.69, 9.17) is 4.74 Å². The molecule has 2 bridgehead atoms. The summed E-state index contributed by atoms with van der Waals surface area (Å²) < 4.78 is 19.3. The topological polar surface area (TPSA) is 49.8 Å². The summed E-state index contributed by atoms with van der Waals surface area (Å²) in [6.07, 6.45) is 3.58. The van der Waals surface area contributed by atoms with Gasteiger partial charge in [-0.15, -0.1) is 0 Å². The van der Waals surface area contributed by atoms with Crippen molar-refractivity contribution in [2.45, 2.75) is 26.2 Å². The molecule has 4 heterocycles. The van der Waals surface area contributed by atoms with E-state index in [2.05, 4.69) is 20.2 Å². The predicted molar refractivity (Wildman–Crippen MR) is 97.2 cm³/mol. The molecule has 3 aliphatic rings. The first-order valence-electron chi connectivity index (χ1n) is 8.91. The number of pyridine rings is 1. The highest BCUT2D eigenvalue weighted by Crippen LogP contribution is 2.23. The molecular weight excluding hydrogens is 319 g/mol. The number of hydrogen-bond donors (Lipinski definition) is 1. The number of amidine groups is 1. The molecule has 0 saturated carbocycles. The lowest BCUT2D eigenvalue weighted by Gasteiger charge is -2.32. The zero-order valence-electron chi connectivity index (χ0n) is 14.5. The van der Waals surface area contributed by atoms with Crippen LogP contribution in [0.1, 0.15) is 25.0 Å². The van der Waals surface area contributed by atoms with Crippen LogP contribution < -0.4 is 5.32 Å². The molecule has 5 rings (SSSR count). The van der Waals surface area contributed by atoms with E-state index < -0.39 is 0 Å². The number of nitrogens with one attached hydrogen (secondary N) is 1. The van der Waals surface area contributed by atoms with E-state index in [1.807, 2.05) is 13.0 Å². The molecule has 0 radical (unpaired) electrons. The van der Waals surface area contributed by atoms with E-state index in [9.17, 15) is 4.39 Å². The number of piperidine rings is 1. The first kappa shape index (κ1) is 16.3. The molecule has 6 heteroatoms. The van der Waals surface area contributed by atoms with Crippen LogP contribution in [0.4, 0.5) is 10.2 Å². The Morgan fingerprint density at radius 1 is 1.20 bits per heavy atom. The molecule has 1 saturated heterocycles. The number of anilines is 1. The summed E-state index contributed by atoms with van der Waals surface area (Å²) in [5.41, 5.74) is 0.780. The molecule has 5 nitrogen and oxygen atoms in total. The van der Waals surface area contributed by atoms with Gasteiger partial charge in [0.1, 0.15) is 18.4 Å². The largest absolute Gasteiger partial charge is 0.449 e. The Balaban J connectivity index is 1.55. The Kier molecular flexibility index (Phi) is 4.53. The molecular formula is C19H23FN4O. The van der Waals surface area contributed by atoms with Crippen molar-refractivity contribution in [1.29, 1.82) is 0 Å². The Bertz CT molecular complexity index is 799. The summed E-state index contributed by atoms with van der Waals surface area (Å²) in [6.45, 7) is 5.39. The molecule has 1 aromatic carbocycles. The number of halogens is 1. The highest BCUT2D eigenvalue weighted by atomic mass is 19.1. The smallest absolute Gasteiger partial charge is 0.291 e. The maximum atomic E-state index is 13.4. The Labute approximate surface area is 146 Å². The summed E-state index contributed by atoms with van der Waals surface area (Å²) in [7, 11) is 0. The van der Waals surface area contributed by atoms with Crippen LogP contribution in [-0.2, 0) is 4.74 Å². The SMILES string of the molecule is Cc1nc(NC2=NCCC3CCN(CC3)CO2)cc2ccc(F)cc12. The average molecular weight is 342 g/mol. The fourth-order valence-corrected chi connectivity index (χ4v) is 3.59. The molecule has 0 aliphatic carbocycles. The van der Waals surface area contributed by atoms with Gasteiger partial charge in [0, 0.05) is 30.7 Å². The number of aryl methyl sites for hydroxylation is 1. The van der Waals surface area contributed by atoms with Gasteiger partial charge in [-0.2, -0.15) is 0 Å². The third kappa shape index (κ3) is 3.74. The molecule has 1 aromatic heterocycles. The van der Waals surface area contributed by atoms with Crippen LogP contribution in [0.2, 0.25) is 0 Å². The van der Waals surface area contributed by atoms with Gasteiger partial charge in [-0.25, -0.2) is 14.4 Å². The quantitative estimate of drug-likeness (QED) is 0.861. The van der Waals surface area contributed by atoms with Gasteiger partial charge in [0.15, 0.2) is 0 Å². The highest BCUT2D eigenvalue weighted by Gasteiger charge is 2.21. The molecule has 0 spiro atoms. The van der Waals surface area contributed by atoms with E-state index in [1.165, 1.54) is 25.0 Å². The fraction of sp³-hybridized carbons (Fsp3) is 0.474. The molecule has 0 unspecified atom stereocenters. The number of nitrogens with zero attached hydrogens (tertiary/aromatic N) is 3. The van der Waals surface area contributed by atoms with Crippen LogP contribution in [-0.4, -0.2) is 42.3 Å². The van der Waals surface area contributed by atoms with Gasteiger partial charge in [0.05, 0.1) is 0 Å². The van der Waals surface area contributed by atoms with Gasteiger partial charge in [-0.1, -0.05) is 6.07 Å². The van der Waals surface area contributed by atoms with E-state index in [0.29, 0.717) is 18.6 Å². The second kappa shape index (κ2) is 6.96. The van der Waals surface area contributed by atoms with Crippen molar-refractivity contribution in [2.24, 2.45) is 10.9 Å². The van der Waals surface area contributed by atoms with Crippen molar-refractivity contribution in [3.05, 3.63) is 35.8 Å². The lowest BCUT2D eigenvalue weighted by Crippen LogP contribution is -2.38. The molecule has 1 fully saturated rings. The number of fused-ring (bicyclic) bond motifs is 7. The molecule has 132 valence electrons. The van der Waals surface area contributed by atoms with Crippen LogP contribution in [0.5, 0.6) is 0 Å². The van der Waals surface area contributed by atoms with Gasteiger partial charge in [-0.3, -0.25) is 10.2 Å². The second-order valence-electron chi connectivity index (χ2n) is 6.89. The Hall–Kier alpha value is -2.21. The molecule has 1 N–H and O–H groups in total. The summed E-state index contributed by atoms with van der Waals surface area (Å²) in [5, 5.41) is 4.97. The third-order valence-corrected chi connectivity index (χ3v) is 5.10. The Morgan fingerprint density at radius 3 is 2.88 bits per heavy atom. The average Bonchev–Trinajstić information content (AvgIpc) is 2.62. The van der Waals surface area contributed by atoms with Crippen LogP contribution >= 0.6 is 0 Å². The van der Waals surface area contributed by atoms with Gasteiger partial charge in [0.2, 0.25) is 0 Å². The van der Waals surface area contributed by atoms with Crippen LogP contribution in [0.15, 0.2) is 29.3 Å². The van der Waals surface area contributed by atoms with Crippen molar-refractivity contribution in [2.75, 3.05) is 31.7 Å². The van der Waals surface area contributed by atoms with Gasteiger partial charge >= 0.3 is 0 Å². The molecule has 2 aromatic rings. The predicted octanol–water partition coefficient (Wildman–Crippen LogP) is 3.54. The monoisotopic (exact) mass is 342 g/mol. The molecule has 0 atom stereocenters. The first-order valence-corrected chi connectivity index (χ1v) is 8.91. The number of ether oxygens (including phenoxy) is 1. The lowest BCUT2D eigenvalue weighted by atomic mass is 9.94. The van der Waals surface area contributed by atoms with Crippen molar-refractivity contribution >= 4 is 22.6 Å². The minimum absolute atomic E-state index is 0.248. The summed E-state index contributed by atoms with van der Waals surface area (Å²) >= 11 is 0. The number of hydrogen-bond acceptors (Lipinski definition) is 5. The number of aromatic nitrogens is 1. The van der Waals surface area contributed by atoms with Gasteiger partial charge in [-0.05, 0) is 55.7 Å². The highest BCUT2D eigenvalue weighted by molar-refractivity contribution is 5.92. The first-order chi connectivity index (χ1) is 12.2. The van der Waals surface area contributed by atoms with Crippen LogP contribution in [0.25, 0.3) is 10.8 Å². The number of benzene rings is 1. The summed E-state index contributed by atoms with van der Waals surface area (Å²) in [5.74, 6) is 1.20. The summed E-state index contributed by atoms with van der Waals surface area (Å²) in [6, 6.07) is 7.17. The van der Waals surface area contributed by atoms with Gasteiger partial charge < -0.3 is 4.74 Å². The summed E-state index contributed by atoms with van der Waals surface area (Å²) in [4.78, 5) is 11.4. The van der Waals surface area contributed by atoms with E-state index >= 15 is 0 Å². The fourth-order valence-electron chi connectivity index (χ4n) is 3.59. The maximum Gasteiger partial charge on any atom is 0.291 e. The van der Waals surface area contributed by atoms with Crippen molar-refractivity contribution in [1.82, 2.24) is 9.88 Å². The van der Waals surface area contributed by atoms with Gasteiger partial charge in [0.25, 0.3) is 6.02 Å². The lowest BCUT2D eigenvalue weighted by molar-refractivity contribution is 0.0761. The molecule has 0 amide bonds. The molecule has 25 heavy (non-hydrogen) atoms. The van der Waals surface area contributed by atoms with E-state index in [1.54, 1.807) is 6.07 Å². The van der Waals surface area contributed by atoms with Crippen LogP contribution in [0, 0.1) is 18.7 Å². The third-order valence-electron chi connectivity index (χ3n) is 5.10. The van der Waals surface area contributed by atoms with Crippen molar-refractivity contribution < 1.29 is 9.13 Å². The maximum absolute atomic E-state index is 13.4. The Morgan fingerprint density at radius 2 is 2.04 bits per heavy atom. The standard InChI is InChI=1S/C19H23FN4O/c1-13-17-11-16(20)3-2-15(17)10-18(22-13)23-19-21-7-4-14-5-8-24(9-6-14)12-25-19/h2-3,10-11,14H,4-9,12H2,1H3,(H,21,22,23). The van der Waals surface area contributed by atoms with E-state index in [-0.39, 0.29) is 5.82 Å².